The van der Waals surface area contributed by atoms with Crippen LogP contribution in [0.2, 0.25) is 0 Å². The van der Waals surface area contributed by atoms with E-state index in [1.807, 2.05) is 75.4 Å². The molecule has 1 saturated carbocycles. The van der Waals surface area contributed by atoms with E-state index in [4.69, 9.17) is 4.74 Å². The Morgan fingerprint density at radius 1 is 1.03 bits per heavy atom. The van der Waals surface area contributed by atoms with Gasteiger partial charge in [0.2, 0.25) is 11.8 Å². The summed E-state index contributed by atoms with van der Waals surface area (Å²) in [5.41, 5.74) is 2.09. The topological polar surface area (TPSA) is 87.7 Å². The van der Waals surface area contributed by atoms with Crippen molar-refractivity contribution in [3.05, 3.63) is 71.3 Å². The second kappa shape index (κ2) is 11.8. The molecule has 0 saturated heterocycles. The lowest BCUT2D eigenvalue weighted by molar-refractivity contribution is -0.144. The molecule has 7 heteroatoms. The molecule has 1 fully saturated rings. The van der Waals surface area contributed by atoms with Crippen LogP contribution in [0.4, 0.5) is 4.79 Å². The van der Waals surface area contributed by atoms with Crippen LogP contribution in [-0.4, -0.2) is 40.5 Å². The van der Waals surface area contributed by atoms with E-state index in [0.717, 1.165) is 23.1 Å². The van der Waals surface area contributed by atoms with E-state index >= 15 is 0 Å². The summed E-state index contributed by atoms with van der Waals surface area (Å²) in [7, 11) is 0. The fourth-order valence-corrected chi connectivity index (χ4v) is 4.35. The van der Waals surface area contributed by atoms with E-state index < -0.39 is 23.8 Å². The molecule has 0 aliphatic heterocycles. The normalized spacial score (nSPS) is 18.5. The Morgan fingerprint density at radius 2 is 1.62 bits per heavy atom. The molecule has 3 rings (SSSR count). The number of ether oxygens (including phenoxy) is 1. The number of nitrogens with zero attached hydrogens (tertiary/aromatic N) is 1. The SMILES string of the molecule is Cc1ccc(C(C(=O)NCc2ccccc2)N(C(=O)C(NC(=O)OC(C)(C)C)C(C)C)C2CC2C)cc1. The number of benzene rings is 2. The highest BCUT2D eigenvalue weighted by Crippen LogP contribution is 2.41. The fourth-order valence-electron chi connectivity index (χ4n) is 4.35. The van der Waals surface area contributed by atoms with Crippen molar-refractivity contribution in [3.8, 4) is 0 Å². The van der Waals surface area contributed by atoms with Gasteiger partial charge in [-0.05, 0) is 57.1 Å². The molecule has 0 heterocycles. The maximum absolute atomic E-state index is 14.1. The zero-order valence-corrected chi connectivity index (χ0v) is 23.1. The van der Waals surface area contributed by atoms with Gasteiger partial charge in [0.1, 0.15) is 17.7 Å². The molecule has 0 aromatic heterocycles. The highest BCUT2D eigenvalue weighted by molar-refractivity contribution is 5.92. The summed E-state index contributed by atoms with van der Waals surface area (Å²) in [4.78, 5) is 42.3. The Labute approximate surface area is 221 Å². The molecular formula is C30H41N3O4. The van der Waals surface area contributed by atoms with Gasteiger partial charge in [0.25, 0.3) is 0 Å². The Balaban J connectivity index is 1.95. The van der Waals surface area contributed by atoms with Crippen LogP contribution in [0.25, 0.3) is 0 Å². The second-order valence-corrected chi connectivity index (χ2v) is 11.4. The minimum Gasteiger partial charge on any atom is -0.444 e. The number of hydrogen-bond acceptors (Lipinski definition) is 4. The summed E-state index contributed by atoms with van der Waals surface area (Å²) < 4.78 is 5.44. The molecule has 1 aliphatic rings. The van der Waals surface area contributed by atoms with E-state index in [9.17, 15) is 14.4 Å². The first kappa shape index (κ1) is 28.2. The summed E-state index contributed by atoms with van der Waals surface area (Å²) in [6.45, 7) is 13.5. The molecule has 3 amide bonds. The number of carbonyl (C=O) groups is 3. The smallest absolute Gasteiger partial charge is 0.408 e. The van der Waals surface area contributed by atoms with Crippen molar-refractivity contribution >= 4 is 17.9 Å². The maximum atomic E-state index is 14.1. The minimum atomic E-state index is -0.836. The lowest BCUT2D eigenvalue weighted by Gasteiger charge is -2.36. The van der Waals surface area contributed by atoms with Crippen LogP contribution in [0.3, 0.4) is 0 Å². The first-order valence-electron chi connectivity index (χ1n) is 13.1. The molecular weight excluding hydrogens is 466 g/mol. The zero-order valence-electron chi connectivity index (χ0n) is 23.1. The van der Waals surface area contributed by atoms with E-state index in [-0.39, 0.29) is 29.7 Å². The Hall–Kier alpha value is -3.35. The van der Waals surface area contributed by atoms with Crippen molar-refractivity contribution in [2.45, 2.75) is 85.2 Å². The van der Waals surface area contributed by atoms with Crippen molar-refractivity contribution in [2.75, 3.05) is 0 Å². The number of rotatable bonds is 9. The average Bonchev–Trinajstić information content (AvgIpc) is 3.54. The van der Waals surface area contributed by atoms with Crippen LogP contribution in [-0.2, 0) is 20.9 Å². The predicted octanol–water partition coefficient (Wildman–Crippen LogP) is 5.14. The van der Waals surface area contributed by atoms with Gasteiger partial charge in [0, 0.05) is 12.6 Å². The molecule has 2 N–H and O–H groups in total. The third-order valence-corrected chi connectivity index (χ3v) is 6.51. The van der Waals surface area contributed by atoms with Gasteiger partial charge in [0.15, 0.2) is 0 Å². The van der Waals surface area contributed by atoms with Crippen LogP contribution < -0.4 is 10.6 Å². The van der Waals surface area contributed by atoms with Gasteiger partial charge in [-0.15, -0.1) is 0 Å². The number of hydrogen-bond donors (Lipinski definition) is 2. The fraction of sp³-hybridized carbons (Fsp3) is 0.500. The third-order valence-electron chi connectivity index (χ3n) is 6.51. The molecule has 0 spiro atoms. The van der Waals surface area contributed by atoms with Gasteiger partial charge < -0.3 is 20.3 Å². The van der Waals surface area contributed by atoms with Crippen LogP contribution in [0, 0.1) is 18.8 Å². The lowest BCUT2D eigenvalue weighted by atomic mass is 9.98. The Bertz CT molecular complexity index is 1080. The molecule has 200 valence electrons. The van der Waals surface area contributed by atoms with E-state index in [2.05, 4.69) is 17.6 Å². The zero-order chi connectivity index (χ0) is 27.3. The summed E-state index contributed by atoms with van der Waals surface area (Å²) >= 11 is 0. The molecule has 1 aliphatic carbocycles. The van der Waals surface area contributed by atoms with Crippen LogP contribution in [0.5, 0.6) is 0 Å². The summed E-state index contributed by atoms with van der Waals surface area (Å²) in [6.07, 6.45) is 0.154. The van der Waals surface area contributed by atoms with Crippen molar-refractivity contribution in [1.82, 2.24) is 15.5 Å². The van der Waals surface area contributed by atoms with Gasteiger partial charge >= 0.3 is 6.09 Å². The van der Waals surface area contributed by atoms with Gasteiger partial charge in [-0.1, -0.05) is 80.9 Å². The first-order chi connectivity index (χ1) is 17.4. The quantitative estimate of drug-likeness (QED) is 0.492. The first-order valence-corrected chi connectivity index (χ1v) is 13.1. The highest BCUT2D eigenvalue weighted by atomic mass is 16.6. The molecule has 4 unspecified atom stereocenters. The summed E-state index contributed by atoms with van der Waals surface area (Å²) in [5, 5.41) is 5.82. The van der Waals surface area contributed by atoms with Crippen molar-refractivity contribution in [3.63, 3.8) is 0 Å². The predicted molar refractivity (Wildman–Crippen MR) is 145 cm³/mol. The van der Waals surface area contributed by atoms with Gasteiger partial charge in [-0.3, -0.25) is 9.59 Å². The van der Waals surface area contributed by atoms with Crippen molar-refractivity contribution in [1.29, 1.82) is 0 Å². The highest BCUT2D eigenvalue weighted by Gasteiger charge is 2.48. The van der Waals surface area contributed by atoms with E-state index in [1.54, 1.807) is 25.7 Å². The molecule has 37 heavy (non-hydrogen) atoms. The maximum Gasteiger partial charge on any atom is 0.408 e. The monoisotopic (exact) mass is 507 g/mol. The van der Waals surface area contributed by atoms with Crippen LogP contribution >= 0.6 is 0 Å². The molecule has 2 aromatic rings. The number of alkyl carbamates (subject to hydrolysis) is 1. The Kier molecular flexibility index (Phi) is 9.00. The lowest BCUT2D eigenvalue weighted by Crippen LogP contribution is -2.55. The largest absolute Gasteiger partial charge is 0.444 e. The number of nitrogens with one attached hydrogen (secondary N) is 2. The molecule has 7 nitrogen and oxygen atoms in total. The standard InChI is InChI=1S/C30H41N3O4/c1-19(2)25(32-29(36)37-30(5,6)7)28(35)33(24-17-21(24)4)26(23-15-13-20(3)14-16-23)27(34)31-18-22-11-9-8-10-12-22/h8-16,19,21,24-26H,17-18H2,1-7H3,(H,31,34)(H,32,36). The van der Waals surface area contributed by atoms with Gasteiger partial charge in [-0.2, -0.15) is 0 Å². The third kappa shape index (κ3) is 7.81. The number of carbonyl (C=O) groups excluding carboxylic acids is 3. The number of aryl methyl sites for hydroxylation is 1. The molecule has 4 atom stereocenters. The summed E-state index contributed by atoms with van der Waals surface area (Å²) in [6, 6.07) is 15.6. The Morgan fingerprint density at radius 3 is 2.14 bits per heavy atom. The van der Waals surface area contributed by atoms with Crippen LogP contribution in [0.1, 0.15) is 70.7 Å². The summed E-state index contributed by atoms with van der Waals surface area (Å²) in [5.74, 6) is -0.480. The van der Waals surface area contributed by atoms with Gasteiger partial charge in [-0.25, -0.2) is 4.79 Å². The van der Waals surface area contributed by atoms with Crippen molar-refractivity contribution in [2.24, 2.45) is 11.8 Å². The van der Waals surface area contributed by atoms with Crippen LogP contribution in [0.15, 0.2) is 54.6 Å². The molecule has 0 bridgehead atoms. The number of amides is 3. The average molecular weight is 508 g/mol. The van der Waals surface area contributed by atoms with Gasteiger partial charge in [0.05, 0.1) is 0 Å². The van der Waals surface area contributed by atoms with E-state index in [0.29, 0.717) is 6.54 Å². The second-order valence-electron chi connectivity index (χ2n) is 11.4. The minimum absolute atomic E-state index is 0.0945. The molecule has 2 aromatic carbocycles. The molecule has 0 radical (unpaired) electrons. The van der Waals surface area contributed by atoms with Crippen molar-refractivity contribution < 1.29 is 19.1 Å². The van der Waals surface area contributed by atoms with E-state index in [1.165, 1.54) is 0 Å².